The summed E-state index contributed by atoms with van der Waals surface area (Å²) in [6, 6.07) is 15.9. The Labute approximate surface area is 181 Å². The highest BCUT2D eigenvalue weighted by Crippen LogP contribution is 2.41. The maximum absolute atomic E-state index is 13.6. The van der Waals surface area contributed by atoms with Gasteiger partial charge in [-0.3, -0.25) is 4.79 Å². The Morgan fingerprint density at radius 2 is 1.90 bits per heavy atom. The molecule has 0 saturated heterocycles. The molecule has 0 aliphatic heterocycles. The van der Waals surface area contributed by atoms with Crippen LogP contribution in [-0.4, -0.2) is 37.6 Å². The summed E-state index contributed by atoms with van der Waals surface area (Å²) in [7, 11) is 1.86. The van der Waals surface area contributed by atoms with E-state index in [1.54, 1.807) is 15.8 Å². The molecule has 0 atom stereocenters. The van der Waals surface area contributed by atoms with Crippen LogP contribution in [0.4, 0.5) is 0 Å². The Bertz CT molecular complexity index is 1270. The van der Waals surface area contributed by atoms with E-state index >= 15 is 0 Å². The van der Waals surface area contributed by atoms with Gasteiger partial charge in [0.25, 0.3) is 5.91 Å². The van der Waals surface area contributed by atoms with Crippen molar-refractivity contribution in [3.05, 3.63) is 82.8 Å². The van der Waals surface area contributed by atoms with Crippen LogP contribution in [0.5, 0.6) is 0 Å². The van der Waals surface area contributed by atoms with Crippen molar-refractivity contribution < 1.29 is 4.79 Å². The van der Waals surface area contributed by atoms with Crippen LogP contribution in [0.1, 0.15) is 51.6 Å². The molecule has 3 heterocycles. The monoisotopic (exact) mass is 411 g/mol. The molecule has 0 unspecified atom stereocenters. The van der Waals surface area contributed by atoms with Gasteiger partial charge in [0, 0.05) is 31.4 Å². The van der Waals surface area contributed by atoms with E-state index < -0.39 is 0 Å². The summed E-state index contributed by atoms with van der Waals surface area (Å²) >= 11 is 0. The van der Waals surface area contributed by atoms with Gasteiger partial charge in [0.15, 0.2) is 11.5 Å². The second-order valence-electron chi connectivity index (χ2n) is 8.34. The number of carbonyl (C=O) groups excluding carboxylic acids is 1. The molecular weight excluding hydrogens is 386 g/mol. The Kier molecular flexibility index (Phi) is 4.77. The largest absolute Gasteiger partial charge is 0.337 e. The Morgan fingerprint density at radius 3 is 2.61 bits per heavy atom. The van der Waals surface area contributed by atoms with E-state index in [0.29, 0.717) is 29.5 Å². The van der Waals surface area contributed by atoms with Crippen molar-refractivity contribution in [2.75, 3.05) is 7.05 Å². The maximum Gasteiger partial charge on any atom is 0.254 e. The van der Waals surface area contributed by atoms with Gasteiger partial charge < -0.3 is 4.90 Å². The lowest BCUT2D eigenvalue weighted by molar-refractivity contribution is 0.0786. The van der Waals surface area contributed by atoms with Gasteiger partial charge in [0.1, 0.15) is 0 Å². The summed E-state index contributed by atoms with van der Waals surface area (Å²) < 4.78 is 1.76. The zero-order chi connectivity index (χ0) is 21.5. The molecule has 1 saturated carbocycles. The van der Waals surface area contributed by atoms with Crippen molar-refractivity contribution in [1.82, 2.24) is 24.6 Å². The van der Waals surface area contributed by atoms with Crippen molar-refractivity contribution in [2.24, 2.45) is 0 Å². The van der Waals surface area contributed by atoms with Gasteiger partial charge >= 0.3 is 0 Å². The molecule has 0 N–H and O–H groups in total. The second kappa shape index (κ2) is 7.61. The van der Waals surface area contributed by atoms with Crippen molar-refractivity contribution >= 4 is 16.9 Å². The molecule has 156 valence electrons. The van der Waals surface area contributed by atoms with E-state index in [1.165, 1.54) is 5.56 Å². The molecule has 0 bridgehead atoms. The third kappa shape index (κ3) is 3.58. The summed E-state index contributed by atoms with van der Waals surface area (Å²) in [6.07, 6.45) is 3.97. The van der Waals surface area contributed by atoms with Crippen molar-refractivity contribution in [3.8, 4) is 5.82 Å². The Balaban J connectivity index is 1.61. The van der Waals surface area contributed by atoms with E-state index in [2.05, 4.69) is 24.0 Å². The summed E-state index contributed by atoms with van der Waals surface area (Å²) in [4.78, 5) is 24.8. The van der Waals surface area contributed by atoms with E-state index in [1.807, 2.05) is 50.4 Å². The zero-order valence-electron chi connectivity index (χ0n) is 18.0. The number of benzene rings is 1. The SMILES string of the molecule is Cc1ccccc1CN(C)C(=O)c1cc(C2CC2)nc2c1c(C)nn2-c1ccccn1. The minimum Gasteiger partial charge on any atom is -0.337 e. The van der Waals surface area contributed by atoms with Crippen LogP contribution in [0.2, 0.25) is 0 Å². The molecule has 31 heavy (non-hydrogen) atoms. The molecule has 1 aliphatic carbocycles. The van der Waals surface area contributed by atoms with Crippen LogP contribution < -0.4 is 0 Å². The highest BCUT2D eigenvalue weighted by atomic mass is 16.2. The van der Waals surface area contributed by atoms with Crippen molar-refractivity contribution in [3.63, 3.8) is 0 Å². The van der Waals surface area contributed by atoms with Crippen molar-refractivity contribution in [2.45, 2.75) is 39.2 Å². The van der Waals surface area contributed by atoms with Gasteiger partial charge in [-0.05, 0) is 56.0 Å². The lowest BCUT2D eigenvalue weighted by Crippen LogP contribution is -2.27. The number of aryl methyl sites for hydroxylation is 2. The minimum absolute atomic E-state index is 0.0128. The first-order chi connectivity index (χ1) is 15.0. The predicted octanol–water partition coefficient (Wildman–Crippen LogP) is 4.58. The average Bonchev–Trinajstić information content (AvgIpc) is 3.58. The zero-order valence-corrected chi connectivity index (χ0v) is 18.0. The van der Waals surface area contributed by atoms with Crippen LogP contribution in [0.3, 0.4) is 0 Å². The molecule has 5 rings (SSSR count). The molecular formula is C25H25N5O. The Morgan fingerprint density at radius 1 is 1.13 bits per heavy atom. The second-order valence-corrected chi connectivity index (χ2v) is 8.34. The molecule has 1 aliphatic rings. The van der Waals surface area contributed by atoms with E-state index in [4.69, 9.17) is 10.1 Å². The van der Waals surface area contributed by atoms with E-state index in [9.17, 15) is 4.79 Å². The summed E-state index contributed by atoms with van der Waals surface area (Å²) in [5.74, 6) is 1.11. The molecule has 0 radical (unpaired) electrons. The van der Waals surface area contributed by atoms with Gasteiger partial charge in [-0.2, -0.15) is 9.78 Å². The molecule has 6 heteroatoms. The van der Waals surface area contributed by atoms with Crippen LogP contribution in [0.25, 0.3) is 16.9 Å². The third-order valence-electron chi connectivity index (χ3n) is 5.94. The lowest BCUT2D eigenvalue weighted by atomic mass is 10.1. The molecule has 1 aromatic carbocycles. The minimum atomic E-state index is -0.0128. The number of nitrogens with zero attached hydrogens (tertiary/aromatic N) is 5. The van der Waals surface area contributed by atoms with Crippen LogP contribution >= 0.6 is 0 Å². The van der Waals surface area contributed by atoms with Crippen LogP contribution in [0, 0.1) is 13.8 Å². The number of aromatic nitrogens is 4. The smallest absolute Gasteiger partial charge is 0.254 e. The lowest BCUT2D eigenvalue weighted by Gasteiger charge is -2.19. The molecule has 0 spiro atoms. The number of fused-ring (bicyclic) bond motifs is 1. The van der Waals surface area contributed by atoms with Gasteiger partial charge in [0.2, 0.25) is 0 Å². The number of amides is 1. The number of carbonyl (C=O) groups is 1. The molecule has 1 fully saturated rings. The molecule has 1 amide bonds. The molecule has 6 nitrogen and oxygen atoms in total. The van der Waals surface area contributed by atoms with Gasteiger partial charge in [-0.15, -0.1) is 0 Å². The predicted molar refractivity (Wildman–Crippen MR) is 120 cm³/mol. The number of hydrogen-bond donors (Lipinski definition) is 0. The van der Waals surface area contributed by atoms with E-state index in [-0.39, 0.29) is 5.91 Å². The summed E-state index contributed by atoms with van der Waals surface area (Å²) in [5.41, 5.74) is 5.45. The fourth-order valence-electron chi connectivity index (χ4n) is 4.02. The fraction of sp³-hybridized carbons (Fsp3) is 0.280. The normalized spacial score (nSPS) is 13.5. The maximum atomic E-state index is 13.6. The van der Waals surface area contributed by atoms with Crippen molar-refractivity contribution in [1.29, 1.82) is 0 Å². The number of rotatable bonds is 5. The van der Waals surface area contributed by atoms with Gasteiger partial charge in [-0.1, -0.05) is 30.3 Å². The first-order valence-corrected chi connectivity index (χ1v) is 10.6. The fourth-order valence-corrected chi connectivity index (χ4v) is 4.02. The first kappa shape index (κ1) is 19.4. The van der Waals surface area contributed by atoms with E-state index in [0.717, 1.165) is 35.2 Å². The third-order valence-corrected chi connectivity index (χ3v) is 5.94. The standard InChI is InChI=1S/C25H25N5O/c1-16-8-4-5-9-19(16)15-29(3)25(31)20-14-21(18-11-12-18)27-24-23(20)17(2)28-30(24)22-10-6-7-13-26-22/h4-10,13-14,18H,11-12,15H2,1-3H3. The van der Waals surface area contributed by atoms with Crippen LogP contribution in [0.15, 0.2) is 54.7 Å². The molecule has 3 aromatic heterocycles. The quantitative estimate of drug-likeness (QED) is 0.482. The summed E-state index contributed by atoms with van der Waals surface area (Å²) in [5, 5.41) is 5.50. The van der Waals surface area contributed by atoms with Crippen LogP contribution in [-0.2, 0) is 6.54 Å². The average molecular weight is 412 g/mol. The first-order valence-electron chi connectivity index (χ1n) is 10.6. The van der Waals surface area contributed by atoms with Gasteiger partial charge in [-0.25, -0.2) is 9.97 Å². The van der Waals surface area contributed by atoms with Gasteiger partial charge in [0.05, 0.1) is 16.6 Å². The highest BCUT2D eigenvalue weighted by Gasteiger charge is 2.30. The highest BCUT2D eigenvalue weighted by molar-refractivity contribution is 6.06. The topological polar surface area (TPSA) is 63.9 Å². The number of hydrogen-bond acceptors (Lipinski definition) is 4. The molecule has 4 aromatic rings. The Hall–Kier alpha value is -3.54. The number of pyridine rings is 2. The summed E-state index contributed by atoms with van der Waals surface area (Å²) in [6.45, 7) is 4.56.